The molecular weight excluding hydrogens is 211 g/mol. The van der Waals surface area contributed by atoms with Crippen LogP contribution in [-0.2, 0) is 6.54 Å². The first-order valence-electron chi connectivity index (χ1n) is 4.08. The zero-order chi connectivity index (χ0) is 10.3. The molecule has 0 saturated carbocycles. The molecule has 2 aromatic rings. The van der Waals surface area contributed by atoms with E-state index in [-0.39, 0.29) is 48.7 Å². The molecular formula is C7H9N4NaO3. The second kappa shape index (κ2) is 4.21. The molecule has 8 heteroatoms. The zero-order valence-electron chi connectivity index (χ0n) is 9.38. The molecule has 0 saturated heterocycles. The molecule has 3 N–H and O–H groups in total. The van der Waals surface area contributed by atoms with Crippen LogP contribution in [0, 0.1) is 0 Å². The summed E-state index contributed by atoms with van der Waals surface area (Å²) in [7, 11) is 0. The SMILES string of the molecule is CCn1c(=O)[nH]c2[nH]c(=O)[nH]c2c1=O.[H-].[Na+]. The van der Waals surface area contributed by atoms with Crippen LogP contribution in [-0.4, -0.2) is 19.5 Å². The first kappa shape index (κ1) is 12.0. The van der Waals surface area contributed by atoms with E-state index in [0.29, 0.717) is 0 Å². The minimum absolute atomic E-state index is 0. The fourth-order valence-corrected chi connectivity index (χ4v) is 1.33. The summed E-state index contributed by atoms with van der Waals surface area (Å²) >= 11 is 0. The van der Waals surface area contributed by atoms with E-state index in [1.807, 2.05) is 0 Å². The van der Waals surface area contributed by atoms with Gasteiger partial charge in [-0.05, 0) is 6.92 Å². The fourth-order valence-electron chi connectivity index (χ4n) is 1.33. The Balaban J connectivity index is 0.00000112. The molecule has 2 aromatic heterocycles. The summed E-state index contributed by atoms with van der Waals surface area (Å²) in [5, 5.41) is 0. The molecule has 0 amide bonds. The van der Waals surface area contributed by atoms with Crippen LogP contribution < -0.4 is 46.5 Å². The maximum atomic E-state index is 11.5. The standard InChI is InChI=1S/C7H8N4O3.Na.H/c1-2-11-5(12)3-4(10-7(11)14)9-6(13)8-3;;/h2H2,1H3,(H,10,14)(H2,8,9,13);;/q;+1;-1. The summed E-state index contributed by atoms with van der Waals surface area (Å²) in [5.74, 6) is 0. The topological polar surface area (TPSA) is 104 Å². The molecule has 0 bridgehead atoms. The van der Waals surface area contributed by atoms with Crippen LogP contribution in [0.2, 0.25) is 0 Å². The number of nitrogens with one attached hydrogen (secondary N) is 3. The minimum atomic E-state index is -0.528. The maximum Gasteiger partial charge on any atom is 1.00 e. The van der Waals surface area contributed by atoms with Crippen molar-refractivity contribution < 1.29 is 31.0 Å². The molecule has 0 unspecified atom stereocenters. The molecule has 2 rings (SSSR count). The van der Waals surface area contributed by atoms with Crippen LogP contribution in [0.3, 0.4) is 0 Å². The molecule has 0 fully saturated rings. The molecule has 0 aliphatic heterocycles. The third-order valence-electron chi connectivity index (χ3n) is 1.98. The molecule has 0 spiro atoms. The van der Waals surface area contributed by atoms with E-state index in [0.717, 1.165) is 4.57 Å². The Hall–Kier alpha value is -1.05. The van der Waals surface area contributed by atoms with Crippen LogP contribution in [0.4, 0.5) is 0 Å². The third kappa shape index (κ3) is 1.85. The van der Waals surface area contributed by atoms with Crippen molar-refractivity contribution in [2.24, 2.45) is 0 Å². The van der Waals surface area contributed by atoms with Gasteiger partial charge in [0.1, 0.15) is 5.65 Å². The zero-order valence-corrected chi connectivity index (χ0v) is 10.4. The average molecular weight is 220 g/mol. The maximum absolute atomic E-state index is 11.5. The molecule has 15 heavy (non-hydrogen) atoms. The van der Waals surface area contributed by atoms with Gasteiger partial charge in [0.25, 0.3) is 5.56 Å². The number of hydrogen-bond acceptors (Lipinski definition) is 3. The van der Waals surface area contributed by atoms with E-state index >= 15 is 0 Å². The first-order valence-corrected chi connectivity index (χ1v) is 4.08. The van der Waals surface area contributed by atoms with Crippen molar-refractivity contribution >= 4 is 11.2 Å². The van der Waals surface area contributed by atoms with Gasteiger partial charge in [0.15, 0.2) is 5.52 Å². The monoisotopic (exact) mass is 220 g/mol. The Morgan fingerprint density at radius 3 is 2.47 bits per heavy atom. The Bertz CT molecular complexity index is 652. The molecule has 0 aromatic carbocycles. The molecule has 2 heterocycles. The second-order valence-corrected chi connectivity index (χ2v) is 2.81. The third-order valence-corrected chi connectivity index (χ3v) is 1.98. The molecule has 7 nitrogen and oxygen atoms in total. The van der Waals surface area contributed by atoms with Gasteiger partial charge in [-0.2, -0.15) is 0 Å². The Labute approximate surface area is 106 Å². The number of nitrogens with zero attached hydrogens (tertiary/aromatic N) is 1. The van der Waals surface area contributed by atoms with E-state index in [4.69, 9.17) is 0 Å². The minimum Gasteiger partial charge on any atom is -1.00 e. The smallest absolute Gasteiger partial charge is 1.00 e. The fraction of sp³-hybridized carbons (Fsp3) is 0.286. The van der Waals surface area contributed by atoms with E-state index in [1.54, 1.807) is 6.92 Å². The summed E-state index contributed by atoms with van der Waals surface area (Å²) in [6.07, 6.45) is 0. The summed E-state index contributed by atoms with van der Waals surface area (Å²) < 4.78 is 1.01. The van der Waals surface area contributed by atoms with Gasteiger partial charge < -0.3 is 1.43 Å². The number of hydrogen-bond donors (Lipinski definition) is 3. The second-order valence-electron chi connectivity index (χ2n) is 2.81. The van der Waals surface area contributed by atoms with E-state index in [2.05, 4.69) is 15.0 Å². The van der Waals surface area contributed by atoms with Gasteiger partial charge in [0.05, 0.1) is 0 Å². The molecule has 0 aliphatic carbocycles. The molecule has 76 valence electrons. The van der Waals surface area contributed by atoms with Crippen molar-refractivity contribution in [1.29, 1.82) is 0 Å². The predicted molar refractivity (Wildman–Crippen MR) is 50.6 cm³/mol. The van der Waals surface area contributed by atoms with Crippen LogP contribution in [0.5, 0.6) is 0 Å². The van der Waals surface area contributed by atoms with Gasteiger partial charge in [-0.3, -0.25) is 24.3 Å². The van der Waals surface area contributed by atoms with Gasteiger partial charge in [0, 0.05) is 6.54 Å². The largest absolute Gasteiger partial charge is 1.00 e. The van der Waals surface area contributed by atoms with Gasteiger partial charge in [-0.1, -0.05) is 0 Å². The quantitative estimate of drug-likeness (QED) is 0.425. The van der Waals surface area contributed by atoms with Gasteiger partial charge >= 0.3 is 40.9 Å². The van der Waals surface area contributed by atoms with Gasteiger partial charge in [-0.15, -0.1) is 0 Å². The number of aromatic amines is 3. The normalized spacial score (nSPS) is 10.2. The predicted octanol–water partition coefficient (Wildman–Crippen LogP) is -4.16. The van der Waals surface area contributed by atoms with Gasteiger partial charge in [-0.25, -0.2) is 9.59 Å². The van der Waals surface area contributed by atoms with E-state index in [1.165, 1.54) is 0 Å². The van der Waals surface area contributed by atoms with Crippen LogP contribution in [0.25, 0.3) is 11.2 Å². The van der Waals surface area contributed by atoms with Gasteiger partial charge in [0.2, 0.25) is 0 Å². The van der Waals surface area contributed by atoms with Crippen molar-refractivity contribution in [3.8, 4) is 0 Å². The number of H-pyrrole nitrogens is 3. The van der Waals surface area contributed by atoms with Crippen LogP contribution >= 0.6 is 0 Å². The van der Waals surface area contributed by atoms with Crippen molar-refractivity contribution in [2.75, 3.05) is 0 Å². The van der Waals surface area contributed by atoms with Crippen molar-refractivity contribution in [3.63, 3.8) is 0 Å². The number of rotatable bonds is 1. The summed E-state index contributed by atoms with van der Waals surface area (Å²) in [5.41, 5.74) is -1.31. The van der Waals surface area contributed by atoms with Crippen molar-refractivity contribution in [1.82, 2.24) is 19.5 Å². The molecule has 0 radical (unpaired) electrons. The Morgan fingerprint density at radius 2 is 1.87 bits per heavy atom. The number of aromatic nitrogens is 4. The van der Waals surface area contributed by atoms with Crippen LogP contribution in [0.1, 0.15) is 8.35 Å². The van der Waals surface area contributed by atoms with Crippen molar-refractivity contribution in [2.45, 2.75) is 13.5 Å². The first-order chi connectivity index (χ1) is 6.63. The number of imidazole rings is 1. The summed E-state index contributed by atoms with van der Waals surface area (Å²) in [4.78, 5) is 40.7. The Kier molecular flexibility index (Phi) is 3.38. The summed E-state index contributed by atoms with van der Waals surface area (Å²) in [6.45, 7) is 1.94. The van der Waals surface area contributed by atoms with Crippen molar-refractivity contribution in [3.05, 3.63) is 31.3 Å². The molecule has 0 atom stereocenters. The van der Waals surface area contributed by atoms with Crippen LogP contribution in [0.15, 0.2) is 14.4 Å². The van der Waals surface area contributed by atoms with E-state index < -0.39 is 16.9 Å². The summed E-state index contributed by atoms with van der Waals surface area (Å²) in [6, 6.07) is 0. The Morgan fingerprint density at radius 1 is 1.20 bits per heavy atom. The molecule has 0 aliphatic rings. The van der Waals surface area contributed by atoms with E-state index in [9.17, 15) is 14.4 Å². The average Bonchev–Trinajstić information content (AvgIpc) is 2.47. The number of fused-ring (bicyclic) bond motifs is 1.